The van der Waals surface area contributed by atoms with E-state index in [9.17, 15) is 0 Å². The molecule has 0 N–H and O–H groups in total. The molecule has 16 heteroatoms. The Morgan fingerprint density at radius 2 is 0.484 bits per heavy atom. The van der Waals surface area contributed by atoms with Crippen LogP contribution in [0.25, 0.3) is 0 Å². The molecule has 0 saturated carbocycles. The lowest BCUT2D eigenvalue weighted by Crippen LogP contribution is -2.41. The lowest BCUT2D eigenvalue weighted by Gasteiger charge is -2.37. The van der Waals surface area contributed by atoms with Crippen molar-refractivity contribution in [1.82, 2.24) is 0 Å². The van der Waals surface area contributed by atoms with Crippen molar-refractivity contribution in [2.24, 2.45) is 0 Å². The monoisotopic (exact) mass is 1060 g/mol. The second-order valence-electron chi connectivity index (χ2n) is 14.1. The van der Waals surface area contributed by atoms with E-state index < -0.39 is 16.4 Å². The normalized spacial score (nSPS) is 11.8. The van der Waals surface area contributed by atoms with Crippen LogP contribution < -0.4 is 28.4 Å². The summed E-state index contributed by atoms with van der Waals surface area (Å²) in [5, 5.41) is -0.670. The molecule has 0 aliphatic rings. The van der Waals surface area contributed by atoms with E-state index in [0.717, 1.165) is 67.9 Å². The molecule has 0 fully saturated rings. The Bertz CT molecular complexity index is 2050. The Labute approximate surface area is 424 Å². The summed E-state index contributed by atoms with van der Waals surface area (Å²) in [6.07, 6.45) is 0. The summed E-state index contributed by atoms with van der Waals surface area (Å²) in [4.78, 5) is 0. The molecule has 0 amide bonds. The van der Waals surface area contributed by atoms with Crippen LogP contribution in [-0.4, -0.2) is 64.3 Å². The maximum absolute atomic E-state index is 6.36. The zero-order chi connectivity index (χ0) is 47.3. The number of hydrogen-bond donors (Lipinski definition) is 0. The summed E-state index contributed by atoms with van der Waals surface area (Å²) in [5.74, 6) is 3.83. The van der Waals surface area contributed by atoms with Crippen LogP contribution in [0.1, 0.15) is 45.2 Å². The molecule has 0 bridgehead atoms. The van der Waals surface area contributed by atoms with E-state index in [1.165, 1.54) is 0 Å². The summed E-state index contributed by atoms with van der Waals surface area (Å²) in [5.41, 5.74) is 5.51. The highest BCUT2D eigenvalue weighted by Crippen LogP contribution is 2.50. The predicted molar refractivity (Wildman–Crippen MR) is 273 cm³/mol. The van der Waals surface area contributed by atoms with Crippen LogP contribution in [0.3, 0.4) is 0 Å². The number of ether oxygens (including phenoxy) is 6. The molecule has 6 rings (SSSR count). The molecule has 0 aliphatic carbocycles. The van der Waals surface area contributed by atoms with E-state index in [0.29, 0.717) is 10.2 Å². The smallest absolute Gasteiger partial charge is 0.201 e. The third-order valence-electron chi connectivity index (χ3n) is 10.4. The summed E-state index contributed by atoms with van der Waals surface area (Å²) in [7, 11) is 10.3. The van der Waals surface area contributed by atoms with E-state index in [2.05, 4.69) is 0 Å². The van der Waals surface area contributed by atoms with Gasteiger partial charge in [-0.3, -0.25) is 0 Å². The van der Waals surface area contributed by atoms with Gasteiger partial charge in [0.05, 0.1) is 59.5 Å². The molecule has 0 aromatic heterocycles. The van der Waals surface area contributed by atoms with Gasteiger partial charge in [-0.15, -0.1) is 0 Å². The van der Waals surface area contributed by atoms with Crippen LogP contribution in [0.2, 0.25) is 0 Å². The van der Waals surface area contributed by atoms with Crippen molar-refractivity contribution >= 4 is 115 Å². The average molecular weight is 1070 g/mol. The van der Waals surface area contributed by atoms with E-state index in [-0.39, 0.29) is 11.8 Å². The minimum atomic E-state index is -1.46. The summed E-state index contributed by atoms with van der Waals surface area (Å²) in [6, 6.07) is 45.3. The second-order valence-corrected chi connectivity index (χ2v) is 22.6. The molecule has 6 aromatic carbocycles. The number of benzene rings is 6. The molecule has 6 nitrogen and oxygen atoms in total. The van der Waals surface area contributed by atoms with E-state index in [1.54, 1.807) is 42.7 Å². The molecule has 0 spiro atoms. The molecule has 0 unspecified atom stereocenters. The number of methoxy groups -OCH3 is 6. The molecular formula is C48H47Cl9O6Si. The summed E-state index contributed by atoms with van der Waals surface area (Å²) < 4.78 is 26.7. The van der Waals surface area contributed by atoms with Gasteiger partial charge >= 0.3 is 0 Å². The van der Waals surface area contributed by atoms with Crippen molar-refractivity contribution in [2.75, 3.05) is 42.7 Å². The lowest BCUT2D eigenvalue weighted by atomic mass is 9.91. The molecule has 6 aromatic rings. The van der Waals surface area contributed by atoms with E-state index >= 15 is 0 Å². The van der Waals surface area contributed by atoms with Crippen molar-refractivity contribution in [3.8, 4) is 34.5 Å². The van der Waals surface area contributed by atoms with E-state index in [1.807, 2.05) is 146 Å². The number of halogens is 9. The van der Waals surface area contributed by atoms with Gasteiger partial charge < -0.3 is 28.4 Å². The van der Waals surface area contributed by atoms with Crippen LogP contribution in [0, 0.1) is 0 Å². The largest absolute Gasteiger partial charge is 0.497 e. The molecule has 0 heterocycles. The maximum atomic E-state index is 6.36. The van der Waals surface area contributed by atoms with Crippen LogP contribution >= 0.6 is 104 Å². The van der Waals surface area contributed by atoms with Gasteiger partial charge in [-0.25, -0.2) is 0 Å². The van der Waals surface area contributed by atoms with E-state index in [4.69, 9.17) is 133 Å². The van der Waals surface area contributed by atoms with Crippen LogP contribution in [0.4, 0.5) is 0 Å². The summed E-state index contributed by atoms with van der Waals surface area (Å²) >= 11 is 56.2. The SMILES string of the molecule is COc1ccc(C([SiH3])(c2ccc(OC)cc2)C(Cl)(Cl)Cl)cc1.COc1ccc(C(c2ccc(OC)cc2)C(Cl)(Cl)Cl)cc1.COc1ccc(C(c2ccc(OC)cc2)C(Cl)(Cl)Cl)cc1. The first-order valence-corrected chi connectivity index (χ1v) is 23.7. The number of hydrogen-bond acceptors (Lipinski definition) is 6. The van der Waals surface area contributed by atoms with Gasteiger partial charge in [0.1, 0.15) is 34.5 Å². The minimum Gasteiger partial charge on any atom is -0.497 e. The molecule has 0 aliphatic heterocycles. The predicted octanol–water partition coefficient (Wildman–Crippen LogP) is 14.1. The van der Waals surface area contributed by atoms with Crippen molar-refractivity contribution in [1.29, 1.82) is 0 Å². The van der Waals surface area contributed by atoms with Gasteiger partial charge in [-0.05, 0) is 106 Å². The molecule has 64 heavy (non-hydrogen) atoms. The number of rotatable bonds is 12. The first kappa shape index (κ1) is 53.6. The molecule has 0 radical (unpaired) electrons. The Balaban J connectivity index is 0.000000210. The Morgan fingerprint density at radius 3 is 0.625 bits per heavy atom. The van der Waals surface area contributed by atoms with Crippen molar-refractivity contribution in [2.45, 2.75) is 28.3 Å². The first-order chi connectivity index (χ1) is 30.2. The van der Waals surface area contributed by atoms with Gasteiger partial charge in [-0.2, -0.15) is 0 Å². The molecule has 0 atom stereocenters. The first-order valence-electron chi connectivity index (χ1n) is 19.3. The van der Waals surface area contributed by atoms with Crippen LogP contribution in [0.15, 0.2) is 146 Å². The zero-order valence-corrected chi connectivity index (χ0v) is 44.7. The van der Waals surface area contributed by atoms with Crippen molar-refractivity contribution in [3.05, 3.63) is 179 Å². The highest BCUT2D eigenvalue weighted by Gasteiger charge is 2.47. The molecule has 342 valence electrons. The minimum absolute atomic E-state index is 0.376. The van der Waals surface area contributed by atoms with Gasteiger partial charge in [0.15, 0.2) is 0 Å². The van der Waals surface area contributed by atoms with Crippen LogP contribution in [-0.2, 0) is 5.04 Å². The molecular weight excluding hydrogens is 1020 g/mol. The van der Waals surface area contributed by atoms with Gasteiger partial charge in [0.2, 0.25) is 11.4 Å². The number of alkyl halides is 9. The standard InChI is InChI=1S/C16H17Cl3O2Si.2C16H15Cl3O2/c1-20-13-7-3-11(4-8-13)15(22,16(17,18)19)12-5-9-14(21-2)10-6-12;2*1-20-13-7-3-11(4-8-13)15(16(17,18)19)12-5-9-14(21-2)10-6-12/h3-10H,1-2,22H3;2*3-10,15H,1-2H3. The molecule has 0 saturated heterocycles. The van der Waals surface area contributed by atoms with Crippen LogP contribution in [0.5, 0.6) is 34.5 Å². The Hall–Kier alpha value is -3.05. The third kappa shape index (κ3) is 14.2. The van der Waals surface area contributed by atoms with Crippen molar-refractivity contribution < 1.29 is 28.4 Å². The Morgan fingerprint density at radius 1 is 0.312 bits per heavy atom. The van der Waals surface area contributed by atoms with Gasteiger partial charge in [-0.1, -0.05) is 177 Å². The third-order valence-corrected chi connectivity index (χ3v) is 15.7. The summed E-state index contributed by atoms with van der Waals surface area (Å²) in [6.45, 7) is 0. The lowest BCUT2D eigenvalue weighted by molar-refractivity contribution is 0.414. The van der Waals surface area contributed by atoms with Gasteiger partial charge in [0.25, 0.3) is 0 Å². The highest BCUT2D eigenvalue weighted by atomic mass is 35.6. The average Bonchev–Trinajstić information content (AvgIpc) is 3.29. The Kier molecular flexibility index (Phi) is 20.2. The highest BCUT2D eigenvalue weighted by molar-refractivity contribution is 6.71. The fourth-order valence-electron chi connectivity index (χ4n) is 6.67. The van der Waals surface area contributed by atoms with Crippen molar-refractivity contribution in [3.63, 3.8) is 0 Å². The van der Waals surface area contributed by atoms with Gasteiger partial charge in [0, 0.05) is 10.2 Å². The zero-order valence-electron chi connectivity index (χ0n) is 35.9. The fourth-order valence-corrected chi connectivity index (χ4v) is 9.50. The maximum Gasteiger partial charge on any atom is 0.201 e. The quantitative estimate of drug-likeness (QED) is 0.0899. The fraction of sp³-hybridized carbons (Fsp3) is 0.250. The second kappa shape index (κ2) is 24.1. The topological polar surface area (TPSA) is 55.4 Å².